The molecule has 0 aromatic carbocycles. The first kappa shape index (κ1) is 16.3. The van der Waals surface area contributed by atoms with Crippen molar-refractivity contribution in [3.8, 4) is 0 Å². The van der Waals surface area contributed by atoms with E-state index in [1.807, 2.05) is 6.92 Å². The quantitative estimate of drug-likeness (QED) is 0.678. The first-order chi connectivity index (χ1) is 9.40. The lowest BCUT2D eigenvalue weighted by Gasteiger charge is -2.30. The van der Waals surface area contributed by atoms with E-state index in [4.69, 9.17) is 10.2 Å². The third kappa shape index (κ3) is 5.46. The van der Waals surface area contributed by atoms with Gasteiger partial charge in [-0.3, -0.25) is 9.59 Å². The number of amides is 2. The van der Waals surface area contributed by atoms with Gasteiger partial charge in [-0.1, -0.05) is 19.3 Å². The maximum absolute atomic E-state index is 12.0. The third-order valence-electron chi connectivity index (χ3n) is 3.65. The summed E-state index contributed by atoms with van der Waals surface area (Å²) in [5.74, 6) is -2.08. The maximum Gasteiger partial charge on any atom is 0.323 e. The Hall–Kier alpha value is -1.79. The predicted octanol–water partition coefficient (Wildman–Crippen LogP) is 1.14. The lowest BCUT2D eigenvalue weighted by atomic mass is 9.84. The highest BCUT2D eigenvalue weighted by molar-refractivity contribution is 5.84. The minimum absolute atomic E-state index is 0.0760. The summed E-state index contributed by atoms with van der Waals surface area (Å²) in [4.78, 5) is 34.1. The van der Waals surface area contributed by atoms with Crippen molar-refractivity contribution in [1.29, 1.82) is 0 Å². The standard InChI is InChI=1S/C13H22N2O5/c1-9(10-5-3-2-4-6-10)14-13(20)15(7-11(16)17)8-12(18)19/h9-10H,2-8H2,1H3,(H,14,20)(H,16,17)(H,18,19). The van der Waals surface area contributed by atoms with Crippen molar-refractivity contribution in [2.75, 3.05) is 13.1 Å². The molecule has 0 aromatic heterocycles. The van der Waals surface area contributed by atoms with E-state index in [1.165, 1.54) is 6.42 Å². The molecule has 1 aliphatic carbocycles. The monoisotopic (exact) mass is 286 g/mol. The number of hydrogen-bond acceptors (Lipinski definition) is 3. The van der Waals surface area contributed by atoms with Crippen LogP contribution in [0.5, 0.6) is 0 Å². The summed E-state index contributed by atoms with van der Waals surface area (Å²) in [5.41, 5.74) is 0. The van der Waals surface area contributed by atoms with Gasteiger partial charge in [0, 0.05) is 6.04 Å². The summed E-state index contributed by atoms with van der Waals surface area (Å²) >= 11 is 0. The molecule has 0 aliphatic heterocycles. The smallest absolute Gasteiger partial charge is 0.323 e. The molecule has 2 amide bonds. The van der Waals surface area contributed by atoms with Crippen LogP contribution in [0.1, 0.15) is 39.0 Å². The molecule has 0 bridgehead atoms. The number of carbonyl (C=O) groups excluding carboxylic acids is 1. The minimum atomic E-state index is -1.23. The molecule has 3 N–H and O–H groups in total. The molecule has 0 heterocycles. The molecule has 0 radical (unpaired) electrons. The Labute approximate surface area is 117 Å². The molecular weight excluding hydrogens is 264 g/mol. The van der Waals surface area contributed by atoms with Crippen LogP contribution in [0, 0.1) is 5.92 Å². The van der Waals surface area contributed by atoms with Gasteiger partial charge in [0.2, 0.25) is 0 Å². The topological polar surface area (TPSA) is 107 Å². The molecule has 0 saturated heterocycles. The van der Waals surface area contributed by atoms with Gasteiger partial charge in [0.15, 0.2) is 0 Å². The van der Waals surface area contributed by atoms with Crippen molar-refractivity contribution in [2.24, 2.45) is 5.92 Å². The van der Waals surface area contributed by atoms with E-state index in [2.05, 4.69) is 5.32 Å². The fourth-order valence-electron chi connectivity index (χ4n) is 2.56. The fourth-order valence-corrected chi connectivity index (χ4v) is 2.56. The Morgan fingerprint density at radius 3 is 2.05 bits per heavy atom. The number of carboxylic acids is 2. The Morgan fingerprint density at radius 1 is 1.10 bits per heavy atom. The summed E-state index contributed by atoms with van der Waals surface area (Å²) in [7, 11) is 0. The lowest BCUT2D eigenvalue weighted by Crippen LogP contribution is -2.49. The van der Waals surface area contributed by atoms with Gasteiger partial charge in [-0.2, -0.15) is 0 Å². The Kier molecular flexibility index (Phi) is 6.27. The van der Waals surface area contributed by atoms with Crippen molar-refractivity contribution < 1.29 is 24.6 Å². The number of aliphatic carboxylic acids is 2. The van der Waals surface area contributed by atoms with Gasteiger partial charge in [0.25, 0.3) is 0 Å². The second kappa shape index (κ2) is 7.72. The first-order valence-corrected chi connectivity index (χ1v) is 6.89. The average Bonchev–Trinajstić information content (AvgIpc) is 2.37. The van der Waals surface area contributed by atoms with Crippen LogP contribution in [0.2, 0.25) is 0 Å². The van der Waals surface area contributed by atoms with E-state index in [1.54, 1.807) is 0 Å². The molecule has 0 aromatic rings. The van der Waals surface area contributed by atoms with E-state index in [9.17, 15) is 14.4 Å². The largest absolute Gasteiger partial charge is 0.480 e. The van der Waals surface area contributed by atoms with Crippen LogP contribution in [0.15, 0.2) is 0 Å². The van der Waals surface area contributed by atoms with Crippen molar-refractivity contribution in [3.63, 3.8) is 0 Å². The zero-order chi connectivity index (χ0) is 15.1. The van der Waals surface area contributed by atoms with E-state index in [0.717, 1.165) is 30.6 Å². The summed E-state index contributed by atoms with van der Waals surface area (Å²) in [5, 5.41) is 20.1. The van der Waals surface area contributed by atoms with E-state index >= 15 is 0 Å². The van der Waals surface area contributed by atoms with Crippen LogP contribution in [-0.4, -0.2) is 52.2 Å². The van der Waals surface area contributed by atoms with Crippen LogP contribution >= 0.6 is 0 Å². The Balaban J connectivity index is 2.54. The molecule has 1 atom stereocenters. The van der Waals surface area contributed by atoms with Gasteiger partial charge >= 0.3 is 18.0 Å². The maximum atomic E-state index is 12.0. The van der Waals surface area contributed by atoms with E-state index in [-0.39, 0.29) is 6.04 Å². The van der Waals surface area contributed by atoms with Crippen LogP contribution in [-0.2, 0) is 9.59 Å². The molecule has 1 fully saturated rings. The normalized spacial score (nSPS) is 17.2. The van der Waals surface area contributed by atoms with Crippen LogP contribution in [0.25, 0.3) is 0 Å². The molecule has 1 saturated carbocycles. The van der Waals surface area contributed by atoms with Gasteiger partial charge in [-0.15, -0.1) is 0 Å². The molecule has 20 heavy (non-hydrogen) atoms. The summed E-state index contributed by atoms with van der Waals surface area (Å²) < 4.78 is 0. The molecule has 1 aliphatic rings. The molecule has 7 nitrogen and oxygen atoms in total. The van der Waals surface area contributed by atoms with Crippen molar-refractivity contribution in [1.82, 2.24) is 10.2 Å². The SMILES string of the molecule is CC(NC(=O)N(CC(=O)O)CC(=O)O)C1CCCCC1. The van der Waals surface area contributed by atoms with E-state index < -0.39 is 31.1 Å². The van der Waals surface area contributed by atoms with Gasteiger partial charge in [0.05, 0.1) is 0 Å². The number of hydrogen-bond donors (Lipinski definition) is 3. The van der Waals surface area contributed by atoms with Gasteiger partial charge in [-0.05, 0) is 25.7 Å². The average molecular weight is 286 g/mol. The number of nitrogens with one attached hydrogen (secondary N) is 1. The highest BCUT2D eigenvalue weighted by Gasteiger charge is 2.25. The summed E-state index contributed by atoms with van der Waals surface area (Å²) in [6, 6.07) is -0.708. The Morgan fingerprint density at radius 2 is 1.60 bits per heavy atom. The second-order valence-electron chi connectivity index (χ2n) is 5.28. The molecule has 1 unspecified atom stereocenters. The van der Waals surface area contributed by atoms with Gasteiger partial charge < -0.3 is 20.4 Å². The van der Waals surface area contributed by atoms with Crippen molar-refractivity contribution in [3.05, 3.63) is 0 Å². The fraction of sp³-hybridized carbons (Fsp3) is 0.769. The molecular formula is C13H22N2O5. The lowest BCUT2D eigenvalue weighted by molar-refractivity contribution is -0.140. The third-order valence-corrected chi connectivity index (χ3v) is 3.65. The van der Waals surface area contributed by atoms with Gasteiger partial charge in [0.1, 0.15) is 13.1 Å². The minimum Gasteiger partial charge on any atom is -0.480 e. The first-order valence-electron chi connectivity index (χ1n) is 6.89. The van der Waals surface area contributed by atoms with Crippen LogP contribution in [0.3, 0.4) is 0 Å². The Bertz CT molecular complexity index is 350. The highest BCUT2D eigenvalue weighted by Crippen LogP contribution is 2.26. The summed E-state index contributed by atoms with van der Waals surface area (Å²) in [6.45, 7) is 0.651. The van der Waals surface area contributed by atoms with Crippen molar-refractivity contribution >= 4 is 18.0 Å². The number of rotatable bonds is 6. The van der Waals surface area contributed by atoms with Crippen LogP contribution < -0.4 is 5.32 Å². The summed E-state index contributed by atoms with van der Waals surface area (Å²) in [6.07, 6.45) is 5.57. The second-order valence-corrected chi connectivity index (χ2v) is 5.28. The molecule has 114 valence electrons. The number of nitrogens with zero attached hydrogens (tertiary/aromatic N) is 1. The van der Waals surface area contributed by atoms with Crippen LogP contribution in [0.4, 0.5) is 4.79 Å². The molecule has 0 spiro atoms. The zero-order valence-corrected chi connectivity index (χ0v) is 11.7. The van der Waals surface area contributed by atoms with Gasteiger partial charge in [-0.25, -0.2) is 4.79 Å². The molecule has 1 rings (SSSR count). The number of carboxylic acid groups (broad SMARTS) is 2. The van der Waals surface area contributed by atoms with Crippen molar-refractivity contribution in [2.45, 2.75) is 45.1 Å². The predicted molar refractivity (Wildman–Crippen MR) is 71.4 cm³/mol. The zero-order valence-electron chi connectivity index (χ0n) is 11.7. The number of carbonyl (C=O) groups is 3. The molecule has 7 heteroatoms. The van der Waals surface area contributed by atoms with E-state index in [0.29, 0.717) is 5.92 Å². The number of urea groups is 1. The highest BCUT2D eigenvalue weighted by atomic mass is 16.4.